The third kappa shape index (κ3) is 4.43. The molecule has 8 heteroatoms. The zero-order valence-corrected chi connectivity index (χ0v) is 23.1. The molecule has 0 amide bonds. The van der Waals surface area contributed by atoms with Crippen molar-refractivity contribution in [2.45, 2.75) is 52.2 Å². The molecule has 1 atom stereocenters. The van der Waals surface area contributed by atoms with Crippen LogP contribution in [-0.2, 0) is 10.3 Å². The van der Waals surface area contributed by atoms with Crippen LogP contribution in [0.1, 0.15) is 63.3 Å². The lowest BCUT2D eigenvalue weighted by molar-refractivity contribution is 0.0543. The van der Waals surface area contributed by atoms with Gasteiger partial charge in [0.15, 0.2) is 0 Å². The van der Waals surface area contributed by atoms with Gasteiger partial charge in [-0.15, -0.1) is 0 Å². The van der Waals surface area contributed by atoms with Crippen molar-refractivity contribution in [2.24, 2.45) is 10.9 Å². The third-order valence-electron chi connectivity index (χ3n) is 8.31. The molecular formula is C32H32F3N3O2. The van der Waals surface area contributed by atoms with Crippen LogP contribution in [-0.4, -0.2) is 40.1 Å². The first-order valence-electron chi connectivity index (χ1n) is 13.6. The molecule has 2 aliphatic rings. The van der Waals surface area contributed by atoms with E-state index in [1.807, 2.05) is 48.9 Å². The summed E-state index contributed by atoms with van der Waals surface area (Å²) < 4.78 is 52.8. The summed E-state index contributed by atoms with van der Waals surface area (Å²) in [6, 6.07) is 8.33. The van der Waals surface area contributed by atoms with Crippen molar-refractivity contribution < 1.29 is 23.0 Å². The number of nitrogens with zero attached hydrogens (tertiary/aromatic N) is 3. The summed E-state index contributed by atoms with van der Waals surface area (Å²) >= 11 is 0. The highest BCUT2D eigenvalue weighted by Crippen LogP contribution is 2.43. The summed E-state index contributed by atoms with van der Waals surface area (Å²) in [6.45, 7) is 8.95. The molecule has 6 rings (SSSR count). The lowest BCUT2D eigenvalue weighted by Gasteiger charge is -2.33. The molecule has 1 fully saturated rings. The first-order valence-corrected chi connectivity index (χ1v) is 13.6. The number of halogens is 3. The van der Waals surface area contributed by atoms with Crippen LogP contribution in [0.3, 0.4) is 0 Å². The Morgan fingerprint density at radius 1 is 1.00 bits per heavy atom. The lowest BCUT2D eigenvalue weighted by Crippen LogP contribution is -2.28. The van der Waals surface area contributed by atoms with Crippen LogP contribution in [0.5, 0.6) is 0 Å². The fraction of sp³-hybridized carbons (Fsp3) is 0.375. The first-order chi connectivity index (χ1) is 19.0. The zero-order chi connectivity index (χ0) is 28.3. The molecule has 208 valence electrons. The molecule has 0 radical (unpaired) electrons. The second-order valence-corrected chi connectivity index (χ2v) is 11.5. The molecule has 0 spiro atoms. The number of aliphatic imine (C=N–C) groups is 1. The monoisotopic (exact) mass is 547 g/mol. The van der Waals surface area contributed by atoms with Gasteiger partial charge in [-0.1, -0.05) is 12.1 Å². The summed E-state index contributed by atoms with van der Waals surface area (Å²) in [5, 5.41) is 11.7. The molecule has 2 aromatic heterocycles. The van der Waals surface area contributed by atoms with Gasteiger partial charge in [0.1, 0.15) is 17.5 Å². The quantitative estimate of drug-likeness (QED) is 0.290. The van der Waals surface area contributed by atoms with E-state index in [2.05, 4.69) is 4.99 Å². The molecule has 2 aliphatic heterocycles. The van der Waals surface area contributed by atoms with Crippen LogP contribution >= 0.6 is 0 Å². The Hall–Kier alpha value is -3.49. The van der Waals surface area contributed by atoms with Crippen LogP contribution in [0.4, 0.5) is 13.2 Å². The molecule has 2 aromatic carbocycles. The third-order valence-corrected chi connectivity index (χ3v) is 8.31. The van der Waals surface area contributed by atoms with Gasteiger partial charge in [0.25, 0.3) is 0 Å². The highest BCUT2D eigenvalue weighted by atomic mass is 19.1. The Labute approximate surface area is 231 Å². The average Bonchev–Trinajstić information content (AvgIpc) is 3.41. The Morgan fingerprint density at radius 2 is 1.70 bits per heavy atom. The van der Waals surface area contributed by atoms with Gasteiger partial charge in [0.2, 0.25) is 0 Å². The summed E-state index contributed by atoms with van der Waals surface area (Å²) in [7, 11) is 0. The zero-order valence-electron chi connectivity index (χ0n) is 23.1. The van der Waals surface area contributed by atoms with E-state index in [-0.39, 0.29) is 11.5 Å². The van der Waals surface area contributed by atoms with Crippen molar-refractivity contribution in [3.63, 3.8) is 0 Å². The number of aliphatic hydroxyl groups is 1. The highest BCUT2D eigenvalue weighted by Gasteiger charge is 2.35. The summed E-state index contributed by atoms with van der Waals surface area (Å²) in [4.78, 5) is 9.45. The van der Waals surface area contributed by atoms with Gasteiger partial charge in [0, 0.05) is 59.3 Å². The van der Waals surface area contributed by atoms with Gasteiger partial charge in [-0.05, 0) is 69.7 Å². The number of benzene rings is 2. The molecule has 1 saturated heterocycles. The molecule has 0 saturated carbocycles. The smallest absolute Gasteiger partial charge is 0.134 e. The number of rotatable bonds is 5. The van der Waals surface area contributed by atoms with Crippen molar-refractivity contribution in [2.75, 3.05) is 19.8 Å². The summed E-state index contributed by atoms with van der Waals surface area (Å²) in [5.41, 5.74) is 5.37. The highest BCUT2D eigenvalue weighted by molar-refractivity contribution is 6.25. The van der Waals surface area contributed by atoms with Crippen LogP contribution in [0.2, 0.25) is 0 Å². The minimum atomic E-state index is -1.14. The van der Waals surface area contributed by atoms with E-state index in [0.717, 1.165) is 39.9 Å². The SMILES string of the molecule is CC1=NCC(C)=C1c1cnc2c3ccc(C(C)(C)O)cc3n(C(c3c(F)cc(F)cc3F)C3CCOCC3)c2c1. The van der Waals surface area contributed by atoms with Crippen molar-refractivity contribution in [3.05, 3.63) is 82.3 Å². The van der Waals surface area contributed by atoms with Crippen LogP contribution in [0.15, 0.2) is 53.2 Å². The minimum absolute atomic E-state index is 0.180. The van der Waals surface area contributed by atoms with Gasteiger partial charge in [-0.2, -0.15) is 0 Å². The lowest BCUT2D eigenvalue weighted by atomic mass is 9.85. The predicted octanol–water partition coefficient (Wildman–Crippen LogP) is 7.10. The number of hydrogen-bond donors (Lipinski definition) is 1. The second kappa shape index (κ2) is 9.85. The van der Waals surface area contributed by atoms with Crippen molar-refractivity contribution in [1.29, 1.82) is 0 Å². The first kappa shape index (κ1) is 26.7. The maximum atomic E-state index is 15.6. The number of hydrogen-bond acceptors (Lipinski definition) is 4. The van der Waals surface area contributed by atoms with Gasteiger partial charge in [-0.3, -0.25) is 9.98 Å². The molecule has 1 N–H and O–H groups in total. The summed E-state index contributed by atoms with van der Waals surface area (Å²) in [6.07, 6.45) is 2.98. The second-order valence-electron chi connectivity index (χ2n) is 11.5. The summed E-state index contributed by atoms with van der Waals surface area (Å²) in [5.74, 6) is -3.00. The van der Waals surface area contributed by atoms with E-state index in [1.54, 1.807) is 13.8 Å². The molecule has 40 heavy (non-hydrogen) atoms. The minimum Gasteiger partial charge on any atom is -0.386 e. The largest absolute Gasteiger partial charge is 0.386 e. The molecule has 4 aromatic rings. The average molecular weight is 548 g/mol. The molecule has 1 unspecified atom stereocenters. The number of aromatic nitrogens is 2. The number of allylic oxidation sites excluding steroid dienone is 1. The normalized spacial score (nSPS) is 17.8. The number of pyridine rings is 1. The van der Waals surface area contributed by atoms with Crippen LogP contribution < -0.4 is 0 Å². The maximum Gasteiger partial charge on any atom is 0.134 e. The molecular weight excluding hydrogens is 515 g/mol. The number of fused-ring (bicyclic) bond motifs is 3. The van der Waals surface area contributed by atoms with Crippen molar-refractivity contribution in [1.82, 2.24) is 9.55 Å². The number of ether oxygens (including phenoxy) is 1. The Kier molecular flexibility index (Phi) is 6.58. The van der Waals surface area contributed by atoms with E-state index in [4.69, 9.17) is 9.72 Å². The fourth-order valence-electron chi connectivity index (χ4n) is 6.32. The van der Waals surface area contributed by atoms with E-state index in [9.17, 15) is 9.50 Å². The van der Waals surface area contributed by atoms with Crippen molar-refractivity contribution in [3.8, 4) is 0 Å². The Balaban J connectivity index is 1.72. The molecule has 0 aliphatic carbocycles. The standard InChI is InChI=1S/C32H32F3N3O2/c1-17-15-36-18(2)28(17)20-11-27-30(37-16-20)23-6-5-21(32(3,4)39)12-26(23)38(27)31(19-7-9-40-10-8-19)29-24(34)13-22(33)14-25(29)35/h5-6,11-14,16,19,31,39H,7-10,15H2,1-4H3. The predicted molar refractivity (Wildman–Crippen MR) is 151 cm³/mol. The van der Waals surface area contributed by atoms with Crippen LogP contribution in [0.25, 0.3) is 27.5 Å². The van der Waals surface area contributed by atoms with E-state index in [1.165, 1.54) is 0 Å². The molecule has 4 heterocycles. The van der Waals surface area contributed by atoms with E-state index >= 15 is 8.78 Å². The van der Waals surface area contributed by atoms with E-state index in [0.29, 0.717) is 54.7 Å². The van der Waals surface area contributed by atoms with Gasteiger partial charge in [-0.25, -0.2) is 13.2 Å². The molecule has 5 nitrogen and oxygen atoms in total. The van der Waals surface area contributed by atoms with Gasteiger partial charge < -0.3 is 14.4 Å². The topological polar surface area (TPSA) is 59.6 Å². The van der Waals surface area contributed by atoms with Gasteiger partial charge >= 0.3 is 0 Å². The van der Waals surface area contributed by atoms with Crippen LogP contribution in [0, 0.1) is 23.4 Å². The van der Waals surface area contributed by atoms with E-state index < -0.39 is 29.1 Å². The fourth-order valence-corrected chi connectivity index (χ4v) is 6.32. The maximum absolute atomic E-state index is 15.6. The Morgan fingerprint density at radius 3 is 2.33 bits per heavy atom. The Bertz CT molecular complexity index is 1690. The molecule has 0 bridgehead atoms. The van der Waals surface area contributed by atoms with Crippen molar-refractivity contribution >= 4 is 33.2 Å². The van der Waals surface area contributed by atoms with Gasteiger partial charge in [0.05, 0.1) is 34.7 Å².